The molecule has 0 unspecified atom stereocenters. The summed E-state index contributed by atoms with van der Waals surface area (Å²) in [4.78, 5) is 17.4. The summed E-state index contributed by atoms with van der Waals surface area (Å²) in [5.41, 5.74) is 5.37. The Morgan fingerprint density at radius 2 is 1.68 bits per heavy atom. The maximum atomic E-state index is 4.62. The van der Waals surface area contributed by atoms with Crippen LogP contribution in [-0.4, -0.2) is 66.7 Å². The first kappa shape index (κ1) is 30.9. The number of likely N-dealkylation sites (tertiary alicyclic amines) is 1. The maximum Gasteiger partial charge on any atom is 0.143 e. The van der Waals surface area contributed by atoms with E-state index in [1.807, 2.05) is 21.0 Å². The summed E-state index contributed by atoms with van der Waals surface area (Å²) in [6.07, 6.45) is 7.63. The molecule has 7 heteroatoms. The second-order valence-electron chi connectivity index (χ2n) is 10.6. The van der Waals surface area contributed by atoms with Gasteiger partial charge in [0.05, 0.1) is 11.9 Å². The summed E-state index contributed by atoms with van der Waals surface area (Å²) in [5.74, 6) is 7.24. The standard InChI is InChI=1S/C29H36N6.C2H7N.C2H4/c1-4-5-15-34-18-13-29(3,14-19-34)22(2)32-24-11-9-23(10-12-24)26-20-25-27(33-26)30-21-31-28(25)35-16-7-6-8-17-35;1-3-2;1-2/h9-12,20-21,32H,2,6-8,13-19H2,1,3H3,(H,30,31,33);3H,1-2H3;1-2H2. The third kappa shape index (κ3) is 7.74. The number of rotatable bonds is 6. The zero-order chi connectivity index (χ0) is 29.0. The number of piperidine rings is 2. The van der Waals surface area contributed by atoms with Gasteiger partial charge in [0.2, 0.25) is 0 Å². The van der Waals surface area contributed by atoms with Crippen LogP contribution in [0.25, 0.3) is 22.3 Å². The topological polar surface area (TPSA) is 72.1 Å². The number of hydrogen-bond acceptors (Lipinski definition) is 6. The van der Waals surface area contributed by atoms with Crippen LogP contribution < -0.4 is 15.5 Å². The first-order valence-electron chi connectivity index (χ1n) is 14.3. The molecule has 3 N–H and O–H groups in total. The van der Waals surface area contributed by atoms with Crippen LogP contribution in [0.3, 0.4) is 0 Å². The molecule has 2 aromatic heterocycles. The van der Waals surface area contributed by atoms with Gasteiger partial charge in [-0.15, -0.1) is 19.1 Å². The Morgan fingerprint density at radius 3 is 2.30 bits per heavy atom. The minimum absolute atomic E-state index is 0.0928. The van der Waals surface area contributed by atoms with Gasteiger partial charge in [-0.25, -0.2) is 9.97 Å². The number of anilines is 2. The Balaban J connectivity index is 0.000000827. The lowest BCUT2D eigenvalue weighted by molar-refractivity contribution is 0.159. The highest BCUT2D eigenvalue weighted by atomic mass is 15.2. The number of benzene rings is 1. The van der Waals surface area contributed by atoms with Crippen molar-refractivity contribution >= 4 is 22.5 Å². The zero-order valence-corrected chi connectivity index (χ0v) is 24.9. The van der Waals surface area contributed by atoms with Crippen molar-refractivity contribution in [2.45, 2.75) is 46.0 Å². The summed E-state index contributed by atoms with van der Waals surface area (Å²) in [7, 11) is 3.75. The Bertz CT molecular complexity index is 1270. The molecule has 0 amide bonds. The molecule has 0 atom stereocenters. The van der Waals surface area contributed by atoms with Crippen LogP contribution in [0.5, 0.6) is 0 Å². The van der Waals surface area contributed by atoms with Crippen molar-refractivity contribution in [1.82, 2.24) is 25.2 Å². The number of aromatic amines is 1. The Kier molecular flexibility index (Phi) is 11.8. The van der Waals surface area contributed by atoms with Gasteiger partial charge in [0, 0.05) is 35.6 Å². The third-order valence-electron chi connectivity index (χ3n) is 7.72. The number of nitrogens with one attached hydrogen (secondary N) is 3. The minimum Gasteiger partial charge on any atom is -0.359 e. The fraction of sp³-hybridized carbons (Fsp3) is 0.455. The summed E-state index contributed by atoms with van der Waals surface area (Å²) in [6.45, 7) is 19.8. The van der Waals surface area contributed by atoms with E-state index in [-0.39, 0.29) is 5.41 Å². The maximum absolute atomic E-state index is 4.62. The summed E-state index contributed by atoms with van der Waals surface area (Å²) >= 11 is 0. The van der Waals surface area contributed by atoms with E-state index in [1.54, 1.807) is 6.33 Å². The molecule has 3 aromatic rings. The van der Waals surface area contributed by atoms with Crippen molar-refractivity contribution in [2.75, 3.05) is 57.0 Å². The van der Waals surface area contributed by atoms with E-state index in [0.717, 1.165) is 85.1 Å². The fourth-order valence-electron chi connectivity index (χ4n) is 5.20. The number of aromatic nitrogens is 3. The van der Waals surface area contributed by atoms with E-state index >= 15 is 0 Å². The Morgan fingerprint density at radius 1 is 1.02 bits per heavy atom. The fourth-order valence-corrected chi connectivity index (χ4v) is 5.20. The lowest BCUT2D eigenvalue weighted by atomic mass is 9.77. The van der Waals surface area contributed by atoms with E-state index in [0.29, 0.717) is 0 Å². The van der Waals surface area contributed by atoms with Gasteiger partial charge in [-0.2, -0.15) is 0 Å². The van der Waals surface area contributed by atoms with Gasteiger partial charge in [0.15, 0.2) is 0 Å². The van der Waals surface area contributed by atoms with Crippen LogP contribution in [0, 0.1) is 17.3 Å². The Hall–Kier alpha value is -3.60. The average Bonchev–Trinajstić information content (AvgIpc) is 3.44. The van der Waals surface area contributed by atoms with Gasteiger partial charge in [0.1, 0.15) is 17.8 Å². The molecule has 2 aliphatic heterocycles. The second-order valence-corrected chi connectivity index (χ2v) is 10.6. The van der Waals surface area contributed by atoms with Crippen LogP contribution in [-0.2, 0) is 0 Å². The zero-order valence-electron chi connectivity index (χ0n) is 24.9. The van der Waals surface area contributed by atoms with Crippen molar-refractivity contribution in [3.05, 3.63) is 62.1 Å². The van der Waals surface area contributed by atoms with Crippen LogP contribution in [0.15, 0.2) is 62.1 Å². The normalized spacial score (nSPS) is 16.4. The number of nitrogens with zero attached hydrogens (tertiary/aromatic N) is 4. The number of fused-ring (bicyclic) bond motifs is 1. The Labute approximate surface area is 241 Å². The lowest BCUT2D eigenvalue weighted by Gasteiger charge is -2.40. The van der Waals surface area contributed by atoms with Crippen LogP contribution in [0.2, 0.25) is 0 Å². The molecule has 0 saturated carbocycles. The van der Waals surface area contributed by atoms with E-state index in [1.165, 1.54) is 19.3 Å². The minimum atomic E-state index is 0.0928. The summed E-state index contributed by atoms with van der Waals surface area (Å²) in [5, 5.41) is 7.44. The first-order chi connectivity index (χ1) is 19.5. The van der Waals surface area contributed by atoms with E-state index < -0.39 is 0 Å². The highest BCUT2D eigenvalue weighted by molar-refractivity contribution is 5.92. The molecular weight excluding hydrogens is 494 g/mol. The highest BCUT2D eigenvalue weighted by Gasteiger charge is 2.32. The predicted octanol–water partition coefficient (Wildman–Crippen LogP) is 6.30. The van der Waals surface area contributed by atoms with Crippen molar-refractivity contribution in [1.29, 1.82) is 0 Å². The summed E-state index contributed by atoms with van der Waals surface area (Å²) in [6, 6.07) is 10.8. The molecule has 0 radical (unpaired) electrons. The molecule has 1 aromatic carbocycles. The molecule has 0 aliphatic carbocycles. The molecule has 0 spiro atoms. The van der Waals surface area contributed by atoms with Gasteiger partial charge in [0.25, 0.3) is 0 Å². The monoisotopic (exact) mass is 541 g/mol. The molecule has 214 valence electrons. The predicted molar refractivity (Wildman–Crippen MR) is 172 cm³/mol. The quantitative estimate of drug-likeness (QED) is 0.251. The van der Waals surface area contributed by atoms with Crippen molar-refractivity contribution < 1.29 is 0 Å². The smallest absolute Gasteiger partial charge is 0.143 e. The largest absolute Gasteiger partial charge is 0.359 e. The number of H-pyrrole nitrogens is 1. The van der Waals surface area contributed by atoms with Crippen LogP contribution in [0.1, 0.15) is 46.0 Å². The van der Waals surface area contributed by atoms with Gasteiger partial charge >= 0.3 is 0 Å². The van der Waals surface area contributed by atoms with Gasteiger partial charge in [-0.05, 0) is 90.0 Å². The molecular formula is C33H47N7. The van der Waals surface area contributed by atoms with Crippen LogP contribution >= 0.6 is 0 Å². The molecule has 7 nitrogen and oxygen atoms in total. The van der Waals surface area contributed by atoms with Crippen molar-refractivity contribution in [3.8, 4) is 23.1 Å². The second kappa shape index (κ2) is 15.3. The number of hydrogen-bond donors (Lipinski definition) is 3. The van der Waals surface area contributed by atoms with Crippen molar-refractivity contribution in [2.24, 2.45) is 5.41 Å². The molecule has 2 aliphatic rings. The SMILES string of the molecule is C=C.C=C(Nc1ccc(-c2cc3c(N4CCCCC4)ncnc3[nH]2)cc1)C1(C)CCN(CC#CC)CC1.CNC. The summed E-state index contributed by atoms with van der Waals surface area (Å²) < 4.78 is 0. The molecule has 5 rings (SSSR count). The third-order valence-corrected chi connectivity index (χ3v) is 7.72. The number of allylic oxidation sites excluding steroid dienone is 1. The van der Waals surface area contributed by atoms with Crippen LogP contribution in [0.4, 0.5) is 11.5 Å². The first-order valence-corrected chi connectivity index (χ1v) is 14.3. The molecule has 2 saturated heterocycles. The van der Waals surface area contributed by atoms with E-state index in [9.17, 15) is 0 Å². The van der Waals surface area contributed by atoms with Crippen molar-refractivity contribution in [3.63, 3.8) is 0 Å². The van der Waals surface area contributed by atoms with Gasteiger partial charge < -0.3 is 20.5 Å². The van der Waals surface area contributed by atoms with E-state index in [2.05, 4.69) is 104 Å². The highest BCUT2D eigenvalue weighted by Crippen LogP contribution is 2.38. The molecule has 2 fully saturated rings. The molecule has 4 heterocycles. The average molecular weight is 542 g/mol. The van der Waals surface area contributed by atoms with Gasteiger partial charge in [-0.3, -0.25) is 4.90 Å². The molecule has 40 heavy (non-hydrogen) atoms. The molecule has 0 bridgehead atoms. The lowest BCUT2D eigenvalue weighted by Crippen LogP contribution is -2.40. The van der Waals surface area contributed by atoms with Gasteiger partial charge in [-0.1, -0.05) is 31.6 Å². The van der Waals surface area contributed by atoms with E-state index in [4.69, 9.17) is 0 Å².